The zero-order chi connectivity index (χ0) is 14.7. The fourth-order valence-electron chi connectivity index (χ4n) is 3.00. The molecule has 1 fully saturated rings. The molecule has 3 N–H and O–H groups in total. The van der Waals surface area contributed by atoms with Gasteiger partial charge in [-0.1, -0.05) is 30.3 Å². The van der Waals surface area contributed by atoms with Crippen molar-refractivity contribution in [3.05, 3.63) is 42.1 Å². The lowest BCUT2D eigenvalue weighted by atomic mass is 9.93. The number of aliphatic hydroxyl groups excluding tert-OH is 1. The van der Waals surface area contributed by atoms with Crippen molar-refractivity contribution in [2.45, 2.75) is 25.0 Å². The molecule has 5 heteroatoms. The number of aromatic amines is 1. The number of aliphatic hydroxyl groups is 2. The number of H-pyrrole nitrogens is 1. The van der Waals surface area contributed by atoms with Crippen molar-refractivity contribution >= 4 is 0 Å². The first-order valence-electron chi connectivity index (χ1n) is 7.33. The third-order valence-corrected chi connectivity index (χ3v) is 4.10. The van der Waals surface area contributed by atoms with E-state index in [1.165, 1.54) is 0 Å². The van der Waals surface area contributed by atoms with Crippen LogP contribution in [0.4, 0.5) is 0 Å². The first-order chi connectivity index (χ1) is 10.2. The molecule has 1 saturated heterocycles. The Morgan fingerprint density at radius 3 is 2.86 bits per heavy atom. The molecular weight excluding hydrogens is 266 g/mol. The molecule has 0 radical (unpaired) electrons. The molecule has 0 saturated carbocycles. The van der Waals surface area contributed by atoms with Crippen molar-refractivity contribution in [1.82, 2.24) is 15.1 Å². The van der Waals surface area contributed by atoms with Crippen molar-refractivity contribution in [3.8, 4) is 11.3 Å². The molecule has 112 valence electrons. The molecule has 0 bridgehead atoms. The Morgan fingerprint density at radius 2 is 2.10 bits per heavy atom. The van der Waals surface area contributed by atoms with Crippen LogP contribution in [0.3, 0.4) is 0 Å². The average Bonchev–Trinajstić information content (AvgIpc) is 2.96. The van der Waals surface area contributed by atoms with E-state index in [1.54, 1.807) is 0 Å². The van der Waals surface area contributed by atoms with Crippen LogP contribution in [0.25, 0.3) is 11.3 Å². The van der Waals surface area contributed by atoms with Crippen molar-refractivity contribution < 1.29 is 10.2 Å². The van der Waals surface area contributed by atoms with Gasteiger partial charge in [0.2, 0.25) is 0 Å². The van der Waals surface area contributed by atoms with E-state index >= 15 is 0 Å². The third-order valence-electron chi connectivity index (χ3n) is 4.10. The van der Waals surface area contributed by atoms with Gasteiger partial charge in [-0.2, -0.15) is 5.10 Å². The predicted molar refractivity (Wildman–Crippen MR) is 80.6 cm³/mol. The summed E-state index contributed by atoms with van der Waals surface area (Å²) in [6.07, 6.45) is 3.40. The van der Waals surface area contributed by atoms with E-state index in [4.69, 9.17) is 0 Å². The molecule has 21 heavy (non-hydrogen) atoms. The highest BCUT2D eigenvalue weighted by atomic mass is 16.3. The highest BCUT2D eigenvalue weighted by Gasteiger charge is 2.32. The Labute approximate surface area is 124 Å². The van der Waals surface area contributed by atoms with Crippen LogP contribution in [0.1, 0.15) is 18.4 Å². The first kappa shape index (κ1) is 14.3. The van der Waals surface area contributed by atoms with Gasteiger partial charge < -0.3 is 10.2 Å². The van der Waals surface area contributed by atoms with Crippen LogP contribution in [0, 0.1) is 0 Å². The summed E-state index contributed by atoms with van der Waals surface area (Å²) in [6, 6.07) is 10.1. The predicted octanol–water partition coefficient (Wildman–Crippen LogP) is 1.40. The zero-order valence-corrected chi connectivity index (χ0v) is 12.0. The summed E-state index contributed by atoms with van der Waals surface area (Å²) in [7, 11) is 0. The molecule has 0 aliphatic carbocycles. The van der Waals surface area contributed by atoms with Crippen molar-refractivity contribution in [3.63, 3.8) is 0 Å². The molecule has 0 spiro atoms. The van der Waals surface area contributed by atoms with Crippen LogP contribution in [0.15, 0.2) is 36.5 Å². The van der Waals surface area contributed by atoms with Gasteiger partial charge in [0.1, 0.15) is 5.60 Å². The van der Waals surface area contributed by atoms with Gasteiger partial charge in [0.05, 0.1) is 18.5 Å². The van der Waals surface area contributed by atoms with Gasteiger partial charge in [-0.05, 0) is 24.9 Å². The Balaban J connectivity index is 1.76. The quantitative estimate of drug-likeness (QED) is 0.795. The van der Waals surface area contributed by atoms with Crippen LogP contribution in [0.5, 0.6) is 0 Å². The molecule has 2 aromatic rings. The Bertz CT molecular complexity index is 584. The Morgan fingerprint density at radius 1 is 1.29 bits per heavy atom. The van der Waals surface area contributed by atoms with E-state index < -0.39 is 5.60 Å². The third kappa shape index (κ3) is 3.15. The summed E-state index contributed by atoms with van der Waals surface area (Å²) in [5.41, 5.74) is 2.28. The standard InChI is InChI=1S/C16H21N3O2/c20-12-16(21)7-4-8-19(11-16)10-14-9-17-18-15(14)13-5-2-1-3-6-13/h1-3,5-6,9,20-21H,4,7-8,10-12H2,(H,17,18)/t16-/m0/s1. The van der Waals surface area contributed by atoms with Crippen LogP contribution < -0.4 is 0 Å². The number of piperidine rings is 1. The number of nitrogens with one attached hydrogen (secondary N) is 1. The normalized spacial score (nSPS) is 23.3. The largest absolute Gasteiger partial charge is 0.393 e. The SMILES string of the molecule is OC[C@]1(O)CCCN(Cc2cn[nH]c2-c2ccccc2)C1. The minimum Gasteiger partial charge on any atom is -0.393 e. The average molecular weight is 287 g/mol. The van der Waals surface area contributed by atoms with Crippen molar-refractivity contribution in [1.29, 1.82) is 0 Å². The molecule has 1 aliphatic heterocycles. The maximum absolute atomic E-state index is 10.3. The van der Waals surface area contributed by atoms with E-state index in [2.05, 4.69) is 27.2 Å². The second-order valence-electron chi connectivity index (χ2n) is 5.83. The fourth-order valence-corrected chi connectivity index (χ4v) is 3.00. The monoisotopic (exact) mass is 287 g/mol. The fraction of sp³-hybridized carbons (Fsp3) is 0.438. The number of likely N-dealkylation sites (tertiary alicyclic amines) is 1. The van der Waals surface area contributed by atoms with Crippen molar-refractivity contribution in [2.75, 3.05) is 19.7 Å². The maximum Gasteiger partial charge on any atom is 0.100 e. The first-order valence-corrected chi connectivity index (χ1v) is 7.33. The van der Waals surface area contributed by atoms with Crippen LogP contribution >= 0.6 is 0 Å². The topological polar surface area (TPSA) is 72.4 Å². The molecule has 5 nitrogen and oxygen atoms in total. The zero-order valence-electron chi connectivity index (χ0n) is 12.0. The Kier molecular flexibility index (Phi) is 4.05. The summed E-state index contributed by atoms with van der Waals surface area (Å²) in [6.45, 7) is 1.98. The second-order valence-corrected chi connectivity index (χ2v) is 5.83. The summed E-state index contributed by atoms with van der Waals surface area (Å²) >= 11 is 0. The van der Waals surface area contributed by atoms with Gasteiger partial charge in [0.15, 0.2) is 0 Å². The minimum atomic E-state index is -0.963. The summed E-state index contributed by atoms with van der Waals surface area (Å²) in [5, 5.41) is 26.8. The van der Waals surface area contributed by atoms with Crippen LogP contribution in [-0.4, -0.2) is 50.6 Å². The van der Waals surface area contributed by atoms with Gasteiger partial charge in [-0.25, -0.2) is 0 Å². The van der Waals surface area contributed by atoms with E-state index in [0.29, 0.717) is 13.0 Å². The van der Waals surface area contributed by atoms with Crippen LogP contribution in [-0.2, 0) is 6.54 Å². The molecule has 0 unspecified atom stereocenters. The van der Waals surface area contributed by atoms with Crippen molar-refractivity contribution in [2.24, 2.45) is 0 Å². The van der Waals surface area contributed by atoms with E-state index in [0.717, 1.165) is 36.3 Å². The smallest absolute Gasteiger partial charge is 0.100 e. The lowest BCUT2D eigenvalue weighted by Crippen LogP contribution is -2.50. The number of rotatable bonds is 4. The summed E-state index contributed by atoms with van der Waals surface area (Å²) in [5.74, 6) is 0. The van der Waals surface area contributed by atoms with E-state index in [1.807, 2.05) is 24.4 Å². The van der Waals surface area contributed by atoms with Gasteiger partial charge >= 0.3 is 0 Å². The molecule has 2 heterocycles. The molecule has 1 aliphatic rings. The molecular formula is C16H21N3O2. The molecule has 1 aromatic carbocycles. The second kappa shape index (κ2) is 5.97. The van der Waals surface area contributed by atoms with E-state index in [9.17, 15) is 10.2 Å². The minimum absolute atomic E-state index is 0.180. The van der Waals surface area contributed by atoms with Gasteiger partial charge in [-0.3, -0.25) is 10.00 Å². The number of aromatic nitrogens is 2. The molecule has 3 rings (SSSR count). The maximum atomic E-state index is 10.3. The highest BCUT2D eigenvalue weighted by Crippen LogP contribution is 2.25. The number of hydrogen-bond donors (Lipinski definition) is 3. The van der Waals surface area contributed by atoms with Crippen LogP contribution in [0.2, 0.25) is 0 Å². The number of hydrogen-bond acceptors (Lipinski definition) is 4. The summed E-state index contributed by atoms with van der Waals surface area (Å²) in [4.78, 5) is 2.18. The van der Waals surface area contributed by atoms with Gasteiger partial charge in [0, 0.05) is 18.7 Å². The molecule has 0 amide bonds. The number of β-amino-alcohol motifs (C(OH)–C–C–N with tert-alkyl or cyclic N) is 1. The summed E-state index contributed by atoms with van der Waals surface area (Å²) < 4.78 is 0. The van der Waals surface area contributed by atoms with E-state index in [-0.39, 0.29) is 6.61 Å². The Hall–Kier alpha value is -1.69. The lowest BCUT2D eigenvalue weighted by molar-refractivity contribution is -0.0686. The highest BCUT2D eigenvalue weighted by molar-refractivity contribution is 5.62. The molecule has 1 aromatic heterocycles. The van der Waals surface area contributed by atoms with Gasteiger partial charge in [0.25, 0.3) is 0 Å². The molecule has 1 atom stereocenters. The lowest BCUT2D eigenvalue weighted by Gasteiger charge is -2.38. The number of benzene rings is 1. The van der Waals surface area contributed by atoms with Gasteiger partial charge in [-0.15, -0.1) is 0 Å². The number of nitrogens with zero attached hydrogens (tertiary/aromatic N) is 2.